The van der Waals surface area contributed by atoms with E-state index in [9.17, 15) is 18.8 Å². The first-order valence-corrected chi connectivity index (χ1v) is 10.3. The Bertz CT molecular complexity index is 962. The lowest BCUT2D eigenvalue weighted by molar-refractivity contribution is -0.134. The van der Waals surface area contributed by atoms with E-state index in [2.05, 4.69) is 5.32 Å². The Kier molecular flexibility index (Phi) is 5.53. The Morgan fingerprint density at radius 3 is 2.62 bits per heavy atom. The van der Waals surface area contributed by atoms with Crippen LogP contribution in [0.2, 0.25) is 0 Å². The van der Waals surface area contributed by atoms with Gasteiger partial charge in [-0.2, -0.15) is 0 Å². The standard InChI is InChI=1S/C21H20FN3O3S/c22-14-6-5-7-15(12-14)23-18(26)13-25-16-8-1-2-9-17(16)29-19(21(25)28)20(27)24-10-3-4-11-24/h1-2,5-9,12,19H,3-4,10-11,13H2,(H,23,26)/t19-/m1/s1. The van der Waals surface area contributed by atoms with Crippen LogP contribution in [0.25, 0.3) is 0 Å². The topological polar surface area (TPSA) is 69.7 Å². The Morgan fingerprint density at radius 2 is 1.86 bits per heavy atom. The lowest BCUT2D eigenvalue weighted by Crippen LogP contribution is -2.51. The number of anilines is 2. The maximum Gasteiger partial charge on any atom is 0.250 e. The zero-order valence-corrected chi connectivity index (χ0v) is 16.5. The molecular formula is C21H20FN3O3S. The molecule has 2 aliphatic rings. The summed E-state index contributed by atoms with van der Waals surface area (Å²) in [5.74, 6) is -1.53. The summed E-state index contributed by atoms with van der Waals surface area (Å²) in [6.07, 6.45) is 1.88. The molecule has 150 valence electrons. The summed E-state index contributed by atoms with van der Waals surface area (Å²) in [6.45, 7) is 1.06. The maximum absolute atomic E-state index is 13.4. The van der Waals surface area contributed by atoms with Crippen LogP contribution in [0.15, 0.2) is 53.4 Å². The lowest BCUT2D eigenvalue weighted by atomic mass is 10.2. The quantitative estimate of drug-likeness (QED) is 0.783. The average molecular weight is 413 g/mol. The van der Waals surface area contributed by atoms with Gasteiger partial charge in [-0.15, -0.1) is 11.8 Å². The third-order valence-electron chi connectivity index (χ3n) is 4.94. The molecule has 0 unspecified atom stereocenters. The van der Waals surface area contributed by atoms with Crippen LogP contribution in [-0.4, -0.2) is 47.5 Å². The van der Waals surface area contributed by atoms with E-state index >= 15 is 0 Å². The summed E-state index contributed by atoms with van der Waals surface area (Å²) in [5.41, 5.74) is 0.911. The Morgan fingerprint density at radius 1 is 1.10 bits per heavy atom. The van der Waals surface area contributed by atoms with Gasteiger partial charge < -0.3 is 15.1 Å². The number of benzene rings is 2. The summed E-state index contributed by atoms with van der Waals surface area (Å²) in [7, 11) is 0. The molecule has 6 nitrogen and oxygen atoms in total. The molecule has 0 saturated carbocycles. The first-order chi connectivity index (χ1) is 14.0. The zero-order valence-electron chi connectivity index (χ0n) is 15.6. The van der Waals surface area contributed by atoms with Gasteiger partial charge in [0.1, 0.15) is 12.4 Å². The highest BCUT2D eigenvalue weighted by Crippen LogP contribution is 2.40. The number of likely N-dealkylation sites (tertiary alicyclic amines) is 1. The summed E-state index contributed by atoms with van der Waals surface area (Å²) in [6, 6.07) is 12.8. The molecule has 1 atom stereocenters. The Hall–Kier alpha value is -2.87. The van der Waals surface area contributed by atoms with E-state index in [1.165, 1.54) is 34.9 Å². The van der Waals surface area contributed by atoms with Gasteiger partial charge in [0.25, 0.3) is 5.91 Å². The number of hydrogen-bond acceptors (Lipinski definition) is 4. The van der Waals surface area contributed by atoms with E-state index in [1.807, 2.05) is 12.1 Å². The van der Waals surface area contributed by atoms with Crippen molar-refractivity contribution in [2.24, 2.45) is 0 Å². The van der Waals surface area contributed by atoms with Crippen molar-refractivity contribution in [3.8, 4) is 0 Å². The van der Waals surface area contributed by atoms with Crippen LogP contribution in [0.3, 0.4) is 0 Å². The van der Waals surface area contributed by atoms with Crippen LogP contribution in [0, 0.1) is 5.82 Å². The molecule has 3 amide bonds. The van der Waals surface area contributed by atoms with Gasteiger partial charge >= 0.3 is 0 Å². The third kappa shape index (κ3) is 4.12. The van der Waals surface area contributed by atoms with E-state index in [-0.39, 0.29) is 12.5 Å². The average Bonchev–Trinajstić information content (AvgIpc) is 3.24. The van der Waals surface area contributed by atoms with E-state index in [4.69, 9.17) is 0 Å². The van der Waals surface area contributed by atoms with Gasteiger partial charge in [0.15, 0.2) is 5.25 Å². The Labute approximate surface area is 172 Å². The number of hydrogen-bond donors (Lipinski definition) is 1. The molecular weight excluding hydrogens is 393 g/mol. The zero-order chi connectivity index (χ0) is 20.4. The minimum Gasteiger partial charge on any atom is -0.341 e. The number of thioether (sulfide) groups is 1. The van der Waals surface area contributed by atoms with Crippen LogP contribution < -0.4 is 10.2 Å². The number of nitrogens with one attached hydrogen (secondary N) is 1. The molecule has 0 aromatic heterocycles. The predicted molar refractivity (Wildman–Crippen MR) is 109 cm³/mol. The highest BCUT2D eigenvalue weighted by atomic mass is 32.2. The highest BCUT2D eigenvalue weighted by molar-refractivity contribution is 8.01. The second-order valence-electron chi connectivity index (χ2n) is 6.98. The Balaban J connectivity index is 1.56. The molecule has 0 bridgehead atoms. The highest BCUT2D eigenvalue weighted by Gasteiger charge is 2.41. The monoisotopic (exact) mass is 413 g/mol. The molecule has 2 aromatic carbocycles. The lowest BCUT2D eigenvalue weighted by Gasteiger charge is -2.34. The van der Waals surface area contributed by atoms with Gasteiger partial charge in [0, 0.05) is 23.7 Å². The number of para-hydroxylation sites is 1. The smallest absolute Gasteiger partial charge is 0.250 e. The number of amides is 3. The van der Waals surface area contributed by atoms with Crippen LogP contribution in [0.1, 0.15) is 12.8 Å². The van der Waals surface area contributed by atoms with Crippen molar-refractivity contribution in [2.45, 2.75) is 23.0 Å². The molecule has 2 heterocycles. The van der Waals surface area contributed by atoms with Crippen molar-refractivity contribution in [1.82, 2.24) is 4.90 Å². The van der Waals surface area contributed by atoms with E-state index in [0.29, 0.717) is 24.5 Å². The van der Waals surface area contributed by atoms with Crippen molar-refractivity contribution in [3.63, 3.8) is 0 Å². The molecule has 2 aromatic rings. The number of rotatable bonds is 4. The number of nitrogens with zero attached hydrogens (tertiary/aromatic N) is 2. The molecule has 8 heteroatoms. The van der Waals surface area contributed by atoms with Crippen LogP contribution in [-0.2, 0) is 14.4 Å². The summed E-state index contributed by atoms with van der Waals surface area (Å²) in [5, 5.41) is 1.71. The number of fused-ring (bicyclic) bond motifs is 1. The van der Waals surface area contributed by atoms with E-state index < -0.39 is 22.9 Å². The molecule has 1 N–H and O–H groups in total. The summed E-state index contributed by atoms with van der Waals surface area (Å²) < 4.78 is 13.4. The van der Waals surface area contributed by atoms with Gasteiger partial charge in [0.2, 0.25) is 11.8 Å². The van der Waals surface area contributed by atoms with Gasteiger partial charge in [-0.1, -0.05) is 18.2 Å². The number of carbonyl (C=O) groups is 3. The third-order valence-corrected chi connectivity index (χ3v) is 6.18. The SMILES string of the molecule is O=C(CN1C(=O)[C@@H](C(=O)N2CCCC2)Sc2ccccc21)Nc1cccc(F)c1. The molecule has 2 aliphatic heterocycles. The molecule has 4 rings (SSSR count). The van der Waals surface area contributed by atoms with Gasteiger partial charge in [-0.25, -0.2) is 4.39 Å². The first kappa shape index (κ1) is 19.4. The second kappa shape index (κ2) is 8.24. The summed E-state index contributed by atoms with van der Waals surface area (Å²) in [4.78, 5) is 42.4. The van der Waals surface area contributed by atoms with Crippen LogP contribution in [0.5, 0.6) is 0 Å². The molecule has 1 saturated heterocycles. The molecule has 0 aliphatic carbocycles. The van der Waals surface area contributed by atoms with E-state index in [1.54, 1.807) is 23.1 Å². The van der Waals surface area contributed by atoms with Gasteiger partial charge in [-0.05, 0) is 43.2 Å². The van der Waals surface area contributed by atoms with Crippen LogP contribution >= 0.6 is 11.8 Å². The largest absolute Gasteiger partial charge is 0.341 e. The number of halogens is 1. The molecule has 0 radical (unpaired) electrons. The first-order valence-electron chi connectivity index (χ1n) is 9.44. The van der Waals surface area contributed by atoms with Crippen molar-refractivity contribution in [1.29, 1.82) is 0 Å². The number of carbonyl (C=O) groups excluding carboxylic acids is 3. The minimum absolute atomic E-state index is 0.206. The van der Waals surface area contributed by atoms with Crippen molar-refractivity contribution in [2.75, 3.05) is 29.9 Å². The molecule has 0 spiro atoms. The minimum atomic E-state index is -0.898. The van der Waals surface area contributed by atoms with Gasteiger partial charge in [0.05, 0.1) is 5.69 Å². The van der Waals surface area contributed by atoms with Gasteiger partial charge in [-0.3, -0.25) is 14.4 Å². The maximum atomic E-state index is 13.4. The second-order valence-corrected chi connectivity index (χ2v) is 8.13. The van der Waals surface area contributed by atoms with Crippen molar-refractivity contribution >= 4 is 40.9 Å². The summed E-state index contributed by atoms with van der Waals surface area (Å²) >= 11 is 1.23. The van der Waals surface area contributed by atoms with Crippen molar-refractivity contribution < 1.29 is 18.8 Å². The fraction of sp³-hybridized carbons (Fsp3) is 0.286. The fourth-order valence-corrected chi connectivity index (χ4v) is 4.74. The van der Waals surface area contributed by atoms with E-state index in [0.717, 1.165) is 17.7 Å². The predicted octanol–water partition coefficient (Wildman–Crippen LogP) is 2.89. The van der Waals surface area contributed by atoms with Crippen molar-refractivity contribution in [3.05, 3.63) is 54.3 Å². The molecule has 1 fully saturated rings. The fourth-order valence-electron chi connectivity index (χ4n) is 3.55. The van der Waals surface area contributed by atoms with Crippen LogP contribution in [0.4, 0.5) is 15.8 Å². The molecule has 29 heavy (non-hydrogen) atoms. The normalized spacial score (nSPS) is 18.5.